The molecule has 0 bridgehead atoms. The second-order valence-electron chi connectivity index (χ2n) is 7.91. The maximum atomic E-state index is 12.6. The summed E-state index contributed by atoms with van der Waals surface area (Å²) in [6.07, 6.45) is 5.37. The van der Waals surface area contributed by atoms with E-state index in [9.17, 15) is 4.79 Å². The van der Waals surface area contributed by atoms with Gasteiger partial charge in [0.25, 0.3) is 0 Å². The number of fused-ring (bicyclic) bond motifs is 1. The molecule has 2 aromatic rings. The monoisotopic (exact) mass is 370 g/mol. The van der Waals surface area contributed by atoms with E-state index >= 15 is 0 Å². The fourth-order valence-corrected chi connectivity index (χ4v) is 4.05. The van der Waals surface area contributed by atoms with Crippen LogP contribution >= 0.6 is 0 Å². The zero-order chi connectivity index (χ0) is 18.8. The van der Waals surface area contributed by atoms with Gasteiger partial charge in [-0.3, -0.25) is 9.47 Å². The van der Waals surface area contributed by atoms with Crippen molar-refractivity contribution in [3.63, 3.8) is 0 Å². The first kappa shape index (κ1) is 18.3. The van der Waals surface area contributed by atoms with Crippen LogP contribution in [0.15, 0.2) is 29.1 Å². The van der Waals surface area contributed by atoms with Crippen LogP contribution in [0.3, 0.4) is 0 Å². The number of hydrogen-bond donors (Lipinski definition) is 0. The predicted octanol–water partition coefficient (Wildman–Crippen LogP) is 2.69. The standard InChI is InChI=1S/C21H30N4O2/c1-3-27-19-7-5-4-6-17(19)15-23(2)18-10-11-20-22-25(14-16-8-9-16)21(26)24(20)13-12-18/h4-7,16,18H,3,8-15H2,1-2H3. The molecule has 1 aliphatic carbocycles. The topological polar surface area (TPSA) is 52.3 Å². The molecule has 0 saturated heterocycles. The third-order valence-electron chi connectivity index (χ3n) is 5.83. The van der Waals surface area contributed by atoms with Gasteiger partial charge in [-0.25, -0.2) is 9.48 Å². The second kappa shape index (κ2) is 7.89. The Hall–Kier alpha value is -2.08. The molecule has 146 valence electrons. The molecule has 1 fully saturated rings. The Labute approximate surface area is 160 Å². The Balaban J connectivity index is 1.41. The second-order valence-corrected chi connectivity index (χ2v) is 7.91. The first-order chi connectivity index (χ1) is 13.2. The average molecular weight is 370 g/mol. The van der Waals surface area contributed by atoms with Gasteiger partial charge in [-0.05, 0) is 51.6 Å². The smallest absolute Gasteiger partial charge is 0.345 e. The number of hydrogen-bond acceptors (Lipinski definition) is 4. The molecule has 1 unspecified atom stereocenters. The van der Waals surface area contributed by atoms with Crippen molar-refractivity contribution < 1.29 is 4.74 Å². The van der Waals surface area contributed by atoms with Gasteiger partial charge in [0.15, 0.2) is 0 Å². The summed E-state index contributed by atoms with van der Waals surface area (Å²) < 4.78 is 9.38. The fraction of sp³-hybridized carbons (Fsp3) is 0.619. The van der Waals surface area contributed by atoms with Crippen LogP contribution in [0.2, 0.25) is 0 Å². The first-order valence-electron chi connectivity index (χ1n) is 10.2. The Bertz CT molecular complexity index is 837. The SMILES string of the molecule is CCOc1ccccc1CN(C)C1CCc2nn(CC3CC3)c(=O)n2CC1. The number of para-hydroxylation sites is 1. The van der Waals surface area contributed by atoms with E-state index < -0.39 is 0 Å². The van der Waals surface area contributed by atoms with Gasteiger partial charge < -0.3 is 4.74 Å². The Morgan fingerprint density at radius 3 is 2.81 bits per heavy atom. The molecule has 2 aliphatic rings. The molecule has 1 aromatic heterocycles. The quantitative estimate of drug-likeness (QED) is 0.752. The lowest BCUT2D eigenvalue weighted by Crippen LogP contribution is -2.33. The number of aromatic nitrogens is 3. The maximum Gasteiger partial charge on any atom is 0.345 e. The van der Waals surface area contributed by atoms with Gasteiger partial charge in [0.05, 0.1) is 6.61 Å². The van der Waals surface area contributed by atoms with Crippen LogP contribution in [0.5, 0.6) is 5.75 Å². The van der Waals surface area contributed by atoms with Crippen molar-refractivity contribution in [2.75, 3.05) is 13.7 Å². The van der Waals surface area contributed by atoms with Gasteiger partial charge in [-0.1, -0.05) is 18.2 Å². The third-order valence-corrected chi connectivity index (χ3v) is 5.83. The van der Waals surface area contributed by atoms with E-state index in [0.29, 0.717) is 18.6 Å². The molecule has 0 amide bonds. The molecule has 6 nitrogen and oxygen atoms in total. The van der Waals surface area contributed by atoms with Crippen molar-refractivity contribution in [2.45, 2.75) is 64.7 Å². The molecular formula is C21H30N4O2. The van der Waals surface area contributed by atoms with E-state index in [1.165, 1.54) is 18.4 Å². The predicted molar refractivity (Wildman–Crippen MR) is 105 cm³/mol. The molecule has 0 radical (unpaired) electrons. The highest BCUT2D eigenvalue weighted by molar-refractivity contribution is 5.33. The lowest BCUT2D eigenvalue weighted by Gasteiger charge is -2.27. The summed E-state index contributed by atoms with van der Waals surface area (Å²) in [6.45, 7) is 5.12. The van der Waals surface area contributed by atoms with E-state index in [2.05, 4.69) is 29.2 Å². The zero-order valence-corrected chi connectivity index (χ0v) is 16.4. The average Bonchev–Trinajstić information content (AvgIpc) is 3.45. The van der Waals surface area contributed by atoms with Crippen LogP contribution in [-0.2, 0) is 26.1 Å². The minimum atomic E-state index is 0.0851. The van der Waals surface area contributed by atoms with Crippen molar-refractivity contribution in [3.8, 4) is 5.75 Å². The summed E-state index contributed by atoms with van der Waals surface area (Å²) in [5, 5.41) is 4.64. The Kier molecular flexibility index (Phi) is 5.34. The largest absolute Gasteiger partial charge is 0.494 e. The van der Waals surface area contributed by atoms with E-state index in [4.69, 9.17) is 4.74 Å². The van der Waals surface area contributed by atoms with Crippen molar-refractivity contribution >= 4 is 0 Å². The van der Waals surface area contributed by atoms with Gasteiger partial charge in [0.2, 0.25) is 0 Å². The summed E-state index contributed by atoms with van der Waals surface area (Å²) >= 11 is 0. The summed E-state index contributed by atoms with van der Waals surface area (Å²) in [5.74, 6) is 2.61. The van der Waals surface area contributed by atoms with E-state index in [1.807, 2.05) is 23.6 Å². The highest BCUT2D eigenvalue weighted by Crippen LogP contribution is 2.30. The Morgan fingerprint density at radius 2 is 2.04 bits per heavy atom. The molecule has 1 aromatic carbocycles. The molecule has 27 heavy (non-hydrogen) atoms. The molecular weight excluding hydrogens is 340 g/mol. The van der Waals surface area contributed by atoms with Crippen molar-refractivity contribution in [1.29, 1.82) is 0 Å². The molecule has 0 spiro atoms. The number of benzene rings is 1. The molecule has 2 heterocycles. The van der Waals surface area contributed by atoms with Crippen molar-refractivity contribution in [3.05, 3.63) is 46.1 Å². The molecule has 0 N–H and O–H groups in total. The highest BCUT2D eigenvalue weighted by atomic mass is 16.5. The summed E-state index contributed by atoms with van der Waals surface area (Å²) in [7, 11) is 2.17. The van der Waals surface area contributed by atoms with Crippen LogP contribution in [0, 0.1) is 5.92 Å². The highest BCUT2D eigenvalue weighted by Gasteiger charge is 2.27. The zero-order valence-electron chi connectivity index (χ0n) is 16.4. The first-order valence-corrected chi connectivity index (χ1v) is 10.2. The maximum absolute atomic E-state index is 12.6. The van der Waals surface area contributed by atoms with E-state index in [-0.39, 0.29) is 5.69 Å². The van der Waals surface area contributed by atoms with Crippen molar-refractivity contribution in [1.82, 2.24) is 19.2 Å². The van der Waals surface area contributed by atoms with Gasteiger partial charge in [-0.15, -0.1) is 0 Å². The minimum Gasteiger partial charge on any atom is -0.494 e. The summed E-state index contributed by atoms with van der Waals surface area (Å²) in [6, 6.07) is 8.71. The van der Waals surface area contributed by atoms with Crippen LogP contribution < -0.4 is 10.4 Å². The van der Waals surface area contributed by atoms with E-state index in [0.717, 1.165) is 50.5 Å². The number of nitrogens with zero attached hydrogens (tertiary/aromatic N) is 4. The van der Waals surface area contributed by atoms with Gasteiger partial charge >= 0.3 is 5.69 Å². The summed E-state index contributed by atoms with van der Waals surface area (Å²) in [4.78, 5) is 15.0. The third kappa shape index (κ3) is 4.10. The van der Waals surface area contributed by atoms with Gasteiger partial charge in [-0.2, -0.15) is 5.10 Å². The fourth-order valence-electron chi connectivity index (χ4n) is 4.05. The molecule has 4 rings (SSSR count). The molecule has 1 atom stereocenters. The lowest BCUT2D eigenvalue weighted by molar-refractivity contribution is 0.206. The molecule has 1 saturated carbocycles. The molecule has 1 aliphatic heterocycles. The van der Waals surface area contributed by atoms with Gasteiger partial charge in [0.1, 0.15) is 11.6 Å². The van der Waals surface area contributed by atoms with Crippen molar-refractivity contribution in [2.24, 2.45) is 5.92 Å². The lowest BCUT2D eigenvalue weighted by atomic mass is 10.1. The van der Waals surface area contributed by atoms with Crippen LogP contribution in [0.4, 0.5) is 0 Å². The van der Waals surface area contributed by atoms with Crippen LogP contribution in [0.25, 0.3) is 0 Å². The number of aryl methyl sites for hydroxylation is 1. The number of rotatable bonds is 7. The minimum absolute atomic E-state index is 0.0851. The van der Waals surface area contributed by atoms with Crippen LogP contribution in [0.1, 0.15) is 44.0 Å². The summed E-state index contributed by atoms with van der Waals surface area (Å²) in [5.41, 5.74) is 1.30. The van der Waals surface area contributed by atoms with Gasteiger partial charge in [0, 0.05) is 37.7 Å². The Morgan fingerprint density at radius 1 is 1.22 bits per heavy atom. The normalized spacial score (nSPS) is 19.7. The molecule has 6 heteroatoms. The van der Waals surface area contributed by atoms with E-state index in [1.54, 1.807) is 4.68 Å². The number of ether oxygens (including phenoxy) is 1. The van der Waals surface area contributed by atoms with Crippen LogP contribution in [-0.4, -0.2) is 38.9 Å².